The van der Waals surface area contributed by atoms with E-state index in [0.29, 0.717) is 0 Å². The lowest BCUT2D eigenvalue weighted by Gasteiger charge is -2.39. The van der Waals surface area contributed by atoms with Gasteiger partial charge in [0.2, 0.25) is 0 Å². The lowest BCUT2D eigenvalue weighted by Crippen LogP contribution is -2.32. The van der Waals surface area contributed by atoms with Crippen LogP contribution in [0.5, 0.6) is 0 Å². The monoisotopic (exact) mass is 323 g/mol. The van der Waals surface area contributed by atoms with Gasteiger partial charge in [0.1, 0.15) is 0 Å². The molecule has 0 spiro atoms. The zero-order chi connectivity index (χ0) is 17.0. The fraction of sp³-hybridized carbons (Fsp3) is 0.167. The quantitative estimate of drug-likeness (QED) is 0.503. The van der Waals surface area contributed by atoms with E-state index in [4.69, 9.17) is 0 Å². The average Bonchev–Trinajstić information content (AvgIpc) is 2.98. The summed E-state index contributed by atoms with van der Waals surface area (Å²) in [6.07, 6.45) is 10.2. The summed E-state index contributed by atoms with van der Waals surface area (Å²) in [5, 5.41) is 1.34. The second kappa shape index (κ2) is 5.10. The molecule has 0 saturated heterocycles. The Morgan fingerprint density at radius 2 is 1.72 bits per heavy atom. The molecule has 1 heterocycles. The van der Waals surface area contributed by atoms with Crippen molar-refractivity contribution in [3.05, 3.63) is 95.2 Å². The number of hydrogen-bond donors (Lipinski definition) is 0. The molecule has 5 rings (SSSR count). The number of allylic oxidation sites excluding steroid dienone is 5. The fourth-order valence-corrected chi connectivity index (χ4v) is 4.65. The van der Waals surface area contributed by atoms with Gasteiger partial charge in [-0.15, -0.1) is 0 Å². The predicted octanol–water partition coefficient (Wildman–Crippen LogP) is 6.19. The smallest absolute Gasteiger partial charge is 0.0538 e. The fourth-order valence-electron chi connectivity index (χ4n) is 4.65. The Bertz CT molecular complexity index is 1080. The first kappa shape index (κ1) is 14.5. The molecule has 0 saturated carbocycles. The van der Waals surface area contributed by atoms with Crippen molar-refractivity contribution in [2.45, 2.75) is 25.7 Å². The van der Waals surface area contributed by atoms with Crippen molar-refractivity contribution in [2.24, 2.45) is 0 Å². The van der Waals surface area contributed by atoms with Crippen LogP contribution < -0.4 is 0 Å². The van der Waals surface area contributed by atoms with Crippen molar-refractivity contribution in [2.75, 3.05) is 0 Å². The van der Waals surface area contributed by atoms with Gasteiger partial charge in [-0.05, 0) is 55.7 Å². The second-order valence-corrected chi connectivity index (χ2v) is 7.32. The number of hydrogen-bond acceptors (Lipinski definition) is 0. The largest absolute Gasteiger partial charge is 0.312 e. The average molecular weight is 323 g/mol. The molecule has 2 aliphatic carbocycles. The first-order chi connectivity index (χ1) is 12.2. The van der Waals surface area contributed by atoms with Gasteiger partial charge in [-0.25, -0.2) is 0 Å². The van der Waals surface area contributed by atoms with E-state index in [1.165, 1.54) is 39.0 Å². The van der Waals surface area contributed by atoms with Crippen molar-refractivity contribution in [3.63, 3.8) is 0 Å². The van der Waals surface area contributed by atoms with Crippen LogP contribution in [0.3, 0.4) is 0 Å². The Hall–Kier alpha value is -2.80. The minimum atomic E-state index is 0.0117. The predicted molar refractivity (Wildman–Crippen MR) is 106 cm³/mol. The summed E-state index contributed by atoms with van der Waals surface area (Å²) in [4.78, 5) is 0. The van der Waals surface area contributed by atoms with Gasteiger partial charge in [0, 0.05) is 27.7 Å². The number of nitrogens with zero attached hydrogens (tertiary/aromatic N) is 1. The number of benzene rings is 2. The highest BCUT2D eigenvalue weighted by Crippen LogP contribution is 2.50. The van der Waals surface area contributed by atoms with Crippen molar-refractivity contribution in [1.29, 1.82) is 0 Å². The van der Waals surface area contributed by atoms with E-state index >= 15 is 0 Å². The van der Waals surface area contributed by atoms with Crippen LogP contribution in [0.15, 0.2) is 84.0 Å². The van der Waals surface area contributed by atoms with Gasteiger partial charge >= 0.3 is 0 Å². The molecule has 25 heavy (non-hydrogen) atoms. The topological polar surface area (TPSA) is 4.93 Å². The number of rotatable bonds is 1. The van der Waals surface area contributed by atoms with Crippen LogP contribution in [0.1, 0.15) is 31.5 Å². The van der Waals surface area contributed by atoms with Crippen LogP contribution in [-0.2, 0) is 5.41 Å². The summed E-state index contributed by atoms with van der Waals surface area (Å²) in [7, 11) is 0. The Labute approximate surface area is 148 Å². The summed E-state index contributed by atoms with van der Waals surface area (Å²) < 4.78 is 2.47. The molecule has 0 N–H and O–H groups in total. The third kappa shape index (κ3) is 1.90. The lowest BCUT2D eigenvalue weighted by molar-refractivity contribution is 0.535. The molecule has 1 aromatic heterocycles. The molecular weight excluding hydrogens is 302 g/mol. The summed E-state index contributed by atoms with van der Waals surface area (Å²) >= 11 is 0. The highest BCUT2D eigenvalue weighted by atomic mass is 15.0. The zero-order valence-corrected chi connectivity index (χ0v) is 14.7. The molecule has 0 fully saturated rings. The SMILES string of the molecule is CC1=Cc2c(n(-c3ccccc3)c3ccccc23)C2(C)CC=CC=C12. The van der Waals surface area contributed by atoms with E-state index in [1.54, 1.807) is 0 Å². The van der Waals surface area contributed by atoms with Crippen LogP contribution >= 0.6 is 0 Å². The van der Waals surface area contributed by atoms with E-state index in [9.17, 15) is 0 Å². The molecule has 2 aliphatic rings. The standard InChI is InChI=1S/C24H21N/c1-17-16-20-19-12-6-7-14-22(19)25(18-10-4-3-5-11-18)23(20)24(2)15-9-8-13-21(17)24/h3-14,16H,15H2,1-2H3. The van der Waals surface area contributed by atoms with Crippen LogP contribution in [0, 0.1) is 0 Å². The van der Waals surface area contributed by atoms with E-state index in [2.05, 4.69) is 97.3 Å². The highest BCUT2D eigenvalue weighted by molar-refractivity contribution is 5.96. The third-order valence-corrected chi connectivity index (χ3v) is 5.76. The Balaban J connectivity index is 1.96. The molecule has 0 aliphatic heterocycles. The Kier molecular flexibility index (Phi) is 2.96. The van der Waals surface area contributed by atoms with Crippen molar-refractivity contribution >= 4 is 17.0 Å². The number of fused-ring (bicyclic) bond motifs is 5. The number of para-hydroxylation sites is 2. The molecule has 122 valence electrons. The van der Waals surface area contributed by atoms with E-state index in [1.807, 2.05) is 0 Å². The van der Waals surface area contributed by atoms with E-state index in [-0.39, 0.29) is 5.41 Å². The minimum absolute atomic E-state index is 0.0117. The van der Waals surface area contributed by atoms with Crippen LogP contribution in [0.2, 0.25) is 0 Å². The zero-order valence-electron chi connectivity index (χ0n) is 14.7. The molecule has 0 radical (unpaired) electrons. The van der Waals surface area contributed by atoms with E-state index in [0.717, 1.165) is 6.42 Å². The molecule has 0 bridgehead atoms. The maximum absolute atomic E-state index is 2.47. The van der Waals surface area contributed by atoms with Crippen LogP contribution in [0.25, 0.3) is 22.7 Å². The molecule has 1 nitrogen and oxygen atoms in total. The normalized spacial score (nSPS) is 21.5. The Morgan fingerprint density at radius 3 is 2.56 bits per heavy atom. The molecule has 1 atom stereocenters. The van der Waals surface area contributed by atoms with Crippen molar-refractivity contribution in [3.8, 4) is 5.69 Å². The van der Waals surface area contributed by atoms with Crippen LogP contribution in [-0.4, -0.2) is 4.57 Å². The lowest BCUT2D eigenvalue weighted by atomic mass is 9.67. The van der Waals surface area contributed by atoms with E-state index < -0.39 is 0 Å². The molecule has 3 aromatic rings. The maximum atomic E-state index is 2.47. The first-order valence-electron chi connectivity index (χ1n) is 8.95. The maximum Gasteiger partial charge on any atom is 0.0538 e. The van der Waals surface area contributed by atoms with Crippen LogP contribution in [0.4, 0.5) is 0 Å². The van der Waals surface area contributed by atoms with Gasteiger partial charge in [0.15, 0.2) is 0 Å². The van der Waals surface area contributed by atoms with Crippen molar-refractivity contribution in [1.82, 2.24) is 4.57 Å². The van der Waals surface area contributed by atoms with Gasteiger partial charge in [0.25, 0.3) is 0 Å². The van der Waals surface area contributed by atoms with Gasteiger partial charge < -0.3 is 4.57 Å². The highest BCUT2D eigenvalue weighted by Gasteiger charge is 2.40. The summed E-state index contributed by atoms with van der Waals surface area (Å²) in [5.41, 5.74) is 8.17. The van der Waals surface area contributed by atoms with Gasteiger partial charge in [-0.3, -0.25) is 0 Å². The summed E-state index contributed by atoms with van der Waals surface area (Å²) in [6.45, 7) is 4.65. The van der Waals surface area contributed by atoms with Crippen molar-refractivity contribution < 1.29 is 0 Å². The molecule has 1 heteroatoms. The molecular formula is C24H21N. The molecule has 1 unspecified atom stereocenters. The first-order valence-corrected chi connectivity index (χ1v) is 8.95. The minimum Gasteiger partial charge on any atom is -0.312 e. The Morgan fingerprint density at radius 1 is 0.960 bits per heavy atom. The van der Waals surface area contributed by atoms with Gasteiger partial charge in [-0.1, -0.05) is 54.6 Å². The number of aromatic nitrogens is 1. The molecule has 0 amide bonds. The van der Waals surface area contributed by atoms with Gasteiger partial charge in [0.05, 0.1) is 5.52 Å². The third-order valence-electron chi connectivity index (χ3n) is 5.76. The second-order valence-electron chi connectivity index (χ2n) is 7.32. The van der Waals surface area contributed by atoms with Gasteiger partial charge in [-0.2, -0.15) is 0 Å². The summed E-state index contributed by atoms with van der Waals surface area (Å²) in [6, 6.07) is 19.6. The molecule has 2 aromatic carbocycles. The summed E-state index contributed by atoms with van der Waals surface area (Å²) in [5.74, 6) is 0.